The number of primary amides is 1. The Balaban J connectivity index is 2.09. The van der Waals surface area contributed by atoms with Gasteiger partial charge in [0.1, 0.15) is 0 Å². The number of carbonyl (C=O) groups is 1. The number of hydrogen-bond donors (Lipinski definition) is 1. The maximum absolute atomic E-state index is 11.3. The molecule has 0 aliphatic carbocycles. The molecule has 0 fully saturated rings. The van der Waals surface area contributed by atoms with E-state index in [9.17, 15) is 14.9 Å². The average Bonchev–Trinajstić information content (AvgIpc) is 3.12. The van der Waals surface area contributed by atoms with Gasteiger partial charge in [0.2, 0.25) is 5.91 Å². The number of furan rings is 1. The van der Waals surface area contributed by atoms with E-state index in [0.29, 0.717) is 28.6 Å². The van der Waals surface area contributed by atoms with Gasteiger partial charge in [0.05, 0.1) is 28.5 Å². The molecule has 112 valence electrons. The predicted octanol–water partition coefficient (Wildman–Crippen LogP) is 2.08. The highest BCUT2D eigenvalue weighted by atomic mass is 16.6. The molecule has 0 atom stereocenters. The number of carbonyl (C=O) groups excluding carboxylic acids is 1. The third kappa shape index (κ3) is 2.53. The summed E-state index contributed by atoms with van der Waals surface area (Å²) in [5.41, 5.74) is 6.73. The minimum Gasteiger partial charge on any atom is -0.472 e. The number of hydrogen-bond acceptors (Lipinski definition) is 5. The molecule has 1 amide bonds. The topological polar surface area (TPSA) is 117 Å². The molecule has 0 unspecified atom stereocenters. The van der Waals surface area contributed by atoms with E-state index >= 15 is 0 Å². The molecule has 2 heterocycles. The second-order valence-corrected chi connectivity index (χ2v) is 4.81. The number of fused-ring (bicyclic) bond motifs is 1. The molecule has 8 nitrogen and oxygen atoms in total. The van der Waals surface area contributed by atoms with Gasteiger partial charge in [-0.3, -0.25) is 19.6 Å². The van der Waals surface area contributed by atoms with Crippen LogP contribution in [0.15, 0.2) is 41.3 Å². The van der Waals surface area contributed by atoms with E-state index in [0.717, 1.165) is 0 Å². The van der Waals surface area contributed by atoms with Crippen molar-refractivity contribution in [2.75, 3.05) is 0 Å². The summed E-state index contributed by atoms with van der Waals surface area (Å²) in [5, 5.41) is 16.2. The minimum absolute atomic E-state index is 0.0247. The second-order valence-electron chi connectivity index (χ2n) is 4.81. The van der Waals surface area contributed by atoms with Crippen molar-refractivity contribution in [3.63, 3.8) is 0 Å². The number of amides is 1. The van der Waals surface area contributed by atoms with Crippen LogP contribution in [0, 0.1) is 10.1 Å². The molecule has 0 aliphatic rings. The summed E-state index contributed by atoms with van der Waals surface area (Å²) in [6.45, 7) is 0.332. The monoisotopic (exact) mass is 300 g/mol. The summed E-state index contributed by atoms with van der Waals surface area (Å²) >= 11 is 0. The first kappa shape index (κ1) is 13.8. The minimum atomic E-state index is -0.442. The molecule has 0 bridgehead atoms. The molecule has 0 saturated carbocycles. The standard InChI is InChI=1S/C14H12N4O4/c15-14(19)1-3-17-7-10-5-13(18(20)21)11(6-12(10)16-17)9-2-4-22-8-9/h2,4-8H,1,3H2,(H2,15,19). The smallest absolute Gasteiger partial charge is 0.278 e. The molecule has 0 spiro atoms. The van der Waals surface area contributed by atoms with E-state index in [1.165, 1.54) is 18.6 Å². The molecule has 0 saturated heterocycles. The highest BCUT2D eigenvalue weighted by Crippen LogP contribution is 2.33. The largest absolute Gasteiger partial charge is 0.472 e. The molecule has 22 heavy (non-hydrogen) atoms. The molecule has 0 radical (unpaired) electrons. The summed E-state index contributed by atoms with van der Waals surface area (Å²) in [6, 6.07) is 4.75. The highest BCUT2D eigenvalue weighted by molar-refractivity contribution is 5.89. The van der Waals surface area contributed by atoms with E-state index in [4.69, 9.17) is 10.2 Å². The lowest BCUT2D eigenvalue weighted by atomic mass is 10.1. The van der Waals surface area contributed by atoms with Crippen LogP contribution < -0.4 is 5.73 Å². The molecule has 1 aromatic carbocycles. The number of benzene rings is 1. The average molecular weight is 300 g/mol. The number of nitrogens with zero attached hydrogens (tertiary/aromatic N) is 3. The Hall–Kier alpha value is -3.16. The van der Waals surface area contributed by atoms with Crippen LogP contribution in [0.3, 0.4) is 0 Å². The van der Waals surface area contributed by atoms with Gasteiger partial charge >= 0.3 is 0 Å². The molecular formula is C14H12N4O4. The Labute approximate surface area is 124 Å². The van der Waals surface area contributed by atoms with Gasteiger partial charge in [-0.05, 0) is 12.1 Å². The zero-order chi connectivity index (χ0) is 15.7. The Morgan fingerprint density at radius 2 is 2.27 bits per heavy atom. The quantitative estimate of drug-likeness (QED) is 0.571. The van der Waals surface area contributed by atoms with Crippen molar-refractivity contribution in [2.45, 2.75) is 13.0 Å². The van der Waals surface area contributed by atoms with Gasteiger partial charge in [-0.1, -0.05) is 0 Å². The van der Waals surface area contributed by atoms with Gasteiger partial charge in [0.25, 0.3) is 5.69 Å². The van der Waals surface area contributed by atoms with Crippen LogP contribution in [0.4, 0.5) is 5.69 Å². The van der Waals surface area contributed by atoms with Gasteiger partial charge in [0.15, 0.2) is 0 Å². The zero-order valence-corrected chi connectivity index (χ0v) is 11.4. The van der Waals surface area contributed by atoms with Crippen LogP contribution in [0.25, 0.3) is 22.0 Å². The van der Waals surface area contributed by atoms with Crippen molar-refractivity contribution < 1.29 is 14.1 Å². The van der Waals surface area contributed by atoms with Crippen molar-refractivity contribution in [1.29, 1.82) is 0 Å². The molecule has 8 heteroatoms. The Kier molecular flexibility index (Phi) is 3.34. The van der Waals surface area contributed by atoms with Crippen LogP contribution >= 0.6 is 0 Å². The lowest BCUT2D eigenvalue weighted by Gasteiger charge is -1.99. The maximum Gasteiger partial charge on any atom is 0.278 e. The fourth-order valence-electron chi connectivity index (χ4n) is 2.25. The SMILES string of the molecule is NC(=O)CCn1cc2cc([N+](=O)[O-])c(-c3ccoc3)cc2n1. The van der Waals surface area contributed by atoms with Gasteiger partial charge in [-0.25, -0.2) is 0 Å². The molecular weight excluding hydrogens is 288 g/mol. The number of rotatable bonds is 5. The predicted molar refractivity (Wildman–Crippen MR) is 77.9 cm³/mol. The van der Waals surface area contributed by atoms with E-state index in [2.05, 4.69) is 5.10 Å². The Morgan fingerprint density at radius 1 is 1.45 bits per heavy atom. The molecule has 2 N–H and O–H groups in total. The number of nitro benzene ring substituents is 1. The van der Waals surface area contributed by atoms with E-state index in [-0.39, 0.29) is 12.1 Å². The number of nitrogens with two attached hydrogens (primary N) is 1. The van der Waals surface area contributed by atoms with Crippen LogP contribution in [0.5, 0.6) is 0 Å². The normalized spacial score (nSPS) is 10.9. The fraction of sp³-hybridized carbons (Fsp3) is 0.143. The zero-order valence-electron chi connectivity index (χ0n) is 11.4. The van der Waals surface area contributed by atoms with Crippen molar-refractivity contribution in [3.8, 4) is 11.1 Å². The highest BCUT2D eigenvalue weighted by Gasteiger charge is 2.19. The number of nitro groups is 1. The van der Waals surface area contributed by atoms with Gasteiger partial charge in [-0.2, -0.15) is 5.10 Å². The van der Waals surface area contributed by atoms with Crippen molar-refractivity contribution in [2.24, 2.45) is 5.73 Å². The van der Waals surface area contributed by atoms with Crippen LogP contribution in [0.1, 0.15) is 6.42 Å². The third-order valence-electron chi connectivity index (χ3n) is 3.29. The van der Waals surface area contributed by atoms with Crippen molar-refractivity contribution >= 4 is 22.5 Å². The molecule has 3 rings (SSSR count). The first-order chi connectivity index (χ1) is 10.5. The fourth-order valence-corrected chi connectivity index (χ4v) is 2.25. The molecule has 2 aromatic heterocycles. The lowest BCUT2D eigenvalue weighted by molar-refractivity contribution is -0.384. The second kappa shape index (κ2) is 5.32. The number of aromatic nitrogens is 2. The summed E-state index contributed by atoms with van der Waals surface area (Å²) < 4.78 is 6.54. The maximum atomic E-state index is 11.3. The first-order valence-corrected chi connectivity index (χ1v) is 6.51. The van der Waals surface area contributed by atoms with Gasteiger partial charge < -0.3 is 10.2 Å². The van der Waals surface area contributed by atoms with Crippen LogP contribution in [-0.4, -0.2) is 20.6 Å². The molecule has 3 aromatic rings. The molecule has 0 aliphatic heterocycles. The Morgan fingerprint density at radius 3 is 2.91 bits per heavy atom. The third-order valence-corrected chi connectivity index (χ3v) is 3.29. The number of aryl methyl sites for hydroxylation is 1. The van der Waals surface area contributed by atoms with E-state index in [1.54, 1.807) is 23.0 Å². The van der Waals surface area contributed by atoms with Crippen molar-refractivity contribution in [3.05, 3.63) is 47.0 Å². The lowest BCUT2D eigenvalue weighted by Crippen LogP contribution is -2.14. The Bertz CT molecular complexity index is 851. The summed E-state index contributed by atoms with van der Waals surface area (Å²) in [4.78, 5) is 21.6. The summed E-state index contributed by atoms with van der Waals surface area (Å²) in [6.07, 6.45) is 4.71. The summed E-state index contributed by atoms with van der Waals surface area (Å²) in [7, 11) is 0. The van der Waals surface area contributed by atoms with Gasteiger partial charge in [0, 0.05) is 36.2 Å². The van der Waals surface area contributed by atoms with E-state index in [1.807, 2.05) is 0 Å². The van der Waals surface area contributed by atoms with Gasteiger partial charge in [-0.15, -0.1) is 0 Å². The van der Waals surface area contributed by atoms with Crippen LogP contribution in [0.2, 0.25) is 0 Å². The van der Waals surface area contributed by atoms with E-state index < -0.39 is 10.8 Å². The van der Waals surface area contributed by atoms with Crippen LogP contribution in [-0.2, 0) is 11.3 Å². The summed E-state index contributed by atoms with van der Waals surface area (Å²) in [5.74, 6) is -0.426. The first-order valence-electron chi connectivity index (χ1n) is 6.51. The van der Waals surface area contributed by atoms with Crippen molar-refractivity contribution in [1.82, 2.24) is 9.78 Å².